The molecular formula is C19H26ClN5O3. The molecule has 1 aromatic carbocycles. The van der Waals surface area contributed by atoms with E-state index in [2.05, 4.69) is 10.2 Å². The van der Waals surface area contributed by atoms with Crippen molar-refractivity contribution in [2.45, 2.75) is 32.0 Å². The molecule has 1 saturated heterocycles. The highest BCUT2D eigenvalue weighted by molar-refractivity contribution is 6.32. The van der Waals surface area contributed by atoms with Gasteiger partial charge in [0.05, 0.1) is 16.6 Å². The van der Waals surface area contributed by atoms with E-state index >= 15 is 0 Å². The summed E-state index contributed by atoms with van der Waals surface area (Å²) in [5.74, 6) is 0.857. The van der Waals surface area contributed by atoms with Crippen LogP contribution < -0.4 is 21.5 Å². The number of halogens is 1. The molecule has 3 rings (SSSR count). The Kier molecular flexibility index (Phi) is 6.12. The Bertz CT molecular complexity index is 805. The van der Waals surface area contributed by atoms with Crippen LogP contribution in [0.4, 0.5) is 0 Å². The average Bonchev–Trinajstić information content (AvgIpc) is 2.65. The summed E-state index contributed by atoms with van der Waals surface area (Å²) in [4.78, 5) is 12.8. The SMILES string of the molecule is CCOc1cc(CN2CCC(C3(N)C=CC([N+](=O)[O-])=C(N)N3)CC2)ccc1Cl. The molecule has 2 heterocycles. The lowest BCUT2D eigenvalue weighted by molar-refractivity contribution is -0.421. The van der Waals surface area contributed by atoms with Crippen molar-refractivity contribution >= 4 is 11.6 Å². The molecule has 5 N–H and O–H groups in total. The Labute approximate surface area is 169 Å². The van der Waals surface area contributed by atoms with Gasteiger partial charge in [0.2, 0.25) is 0 Å². The van der Waals surface area contributed by atoms with Gasteiger partial charge in [-0.3, -0.25) is 15.0 Å². The molecule has 0 radical (unpaired) electrons. The maximum Gasteiger partial charge on any atom is 0.308 e. The van der Waals surface area contributed by atoms with Gasteiger partial charge in [-0.05, 0) is 56.6 Å². The van der Waals surface area contributed by atoms with Crippen molar-refractivity contribution in [2.75, 3.05) is 19.7 Å². The highest BCUT2D eigenvalue weighted by Crippen LogP contribution is 2.31. The second-order valence-electron chi connectivity index (χ2n) is 7.20. The van der Waals surface area contributed by atoms with Crippen molar-refractivity contribution < 1.29 is 9.66 Å². The monoisotopic (exact) mass is 407 g/mol. The molecule has 1 unspecified atom stereocenters. The molecule has 1 aromatic rings. The summed E-state index contributed by atoms with van der Waals surface area (Å²) < 4.78 is 5.56. The van der Waals surface area contributed by atoms with Gasteiger partial charge in [0.1, 0.15) is 11.4 Å². The van der Waals surface area contributed by atoms with E-state index in [1.807, 2.05) is 25.1 Å². The topological polar surface area (TPSA) is 120 Å². The summed E-state index contributed by atoms with van der Waals surface area (Å²) in [7, 11) is 0. The molecule has 152 valence electrons. The standard InChI is InChI=1S/C19H26ClN5O3/c1-2-28-17-11-13(3-4-15(17)20)12-24-9-6-14(7-10-24)19(22)8-5-16(25(26)27)18(21)23-19/h3-5,8,11,14,23H,2,6-7,9-10,12,21-22H2,1H3. The highest BCUT2D eigenvalue weighted by atomic mass is 35.5. The fraction of sp³-hybridized carbons (Fsp3) is 0.474. The molecule has 0 amide bonds. The maximum absolute atomic E-state index is 11.0. The fourth-order valence-electron chi connectivity index (χ4n) is 3.78. The van der Waals surface area contributed by atoms with E-state index < -0.39 is 10.6 Å². The molecule has 1 fully saturated rings. The van der Waals surface area contributed by atoms with Gasteiger partial charge in [-0.2, -0.15) is 0 Å². The van der Waals surface area contributed by atoms with Gasteiger partial charge in [0.25, 0.3) is 0 Å². The van der Waals surface area contributed by atoms with E-state index in [1.165, 1.54) is 6.08 Å². The lowest BCUT2D eigenvalue weighted by atomic mass is 9.83. The molecule has 1 atom stereocenters. The predicted molar refractivity (Wildman–Crippen MR) is 108 cm³/mol. The summed E-state index contributed by atoms with van der Waals surface area (Å²) >= 11 is 6.16. The van der Waals surface area contributed by atoms with Crippen molar-refractivity contribution in [3.05, 3.63) is 62.6 Å². The largest absolute Gasteiger partial charge is 0.492 e. The van der Waals surface area contributed by atoms with Gasteiger partial charge < -0.3 is 21.5 Å². The number of dihydropyridines is 1. The number of nitrogens with one attached hydrogen (secondary N) is 1. The molecule has 28 heavy (non-hydrogen) atoms. The number of piperidine rings is 1. The predicted octanol–water partition coefficient (Wildman–Crippen LogP) is 2.17. The Balaban J connectivity index is 1.59. The Hall–Kier alpha value is -2.29. The second kappa shape index (κ2) is 8.38. The first-order chi connectivity index (χ1) is 13.3. The third-order valence-corrected chi connectivity index (χ3v) is 5.62. The molecule has 9 heteroatoms. The summed E-state index contributed by atoms with van der Waals surface area (Å²) in [5, 5.41) is 14.5. The van der Waals surface area contributed by atoms with Crippen LogP contribution in [-0.4, -0.2) is 35.2 Å². The molecule has 0 bridgehead atoms. The first-order valence-corrected chi connectivity index (χ1v) is 9.74. The minimum absolute atomic E-state index is 0.0158. The van der Waals surface area contributed by atoms with Crippen molar-refractivity contribution in [1.82, 2.24) is 10.2 Å². The van der Waals surface area contributed by atoms with Gasteiger partial charge in [0.15, 0.2) is 5.82 Å². The number of rotatable bonds is 6. The quantitative estimate of drug-likeness (QED) is 0.488. The Morgan fingerprint density at radius 3 is 2.75 bits per heavy atom. The molecule has 0 saturated carbocycles. The number of ether oxygens (including phenoxy) is 1. The number of allylic oxidation sites excluding steroid dienone is 1. The third kappa shape index (κ3) is 4.40. The Morgan fingerprint density at radius 2 is 2.14 bits per heavy atom. The van der Waals surface area contributed by atoms with Crippen LogP contribution in [0.25, 0.3) is 0 Å². The normalized spacial score (nSPS) is 23.5. The molecule has 0 aromatic heterocycles. The molecule has 8 nitrogen and oxygen atoms in total. The first kappa shape index (κ1) is 20.4. The van der Waals surface area contributed by atoms with Crippen LogP contribution in [0.3, 0.4) is 0 Å². The van der Waals surface area contributed by atoms with Crippen molar-refractivity contribution in [3.63, 3.8) is 0 Å². The molecule has 0 spiro atoms. The number of nitrogens with zero attached hydrogens (tertiary/aromatic N) is 2. The number of likely N-dealkylation sites (tertiary alicyclic amines) is 1. The lowest BCUT2D eigenvalue weighted by Crippen LogP contribution is -2.61. The summed E-state index contributed by atoms with van der Waals surface area (Å²) in [5.41, 5.74) is 12.4. The minimum atomic E-state index is -0.863. The van der Waals surface area contributed by atoms with E-state index in [1.54, 1.807) is 6.08 Å². The molecule has 2 aliphatic rings. The molecule has 0 aliphatic carbocycles. The number of hydrogen-bond donors (Lipinski definition) is 3. The number of benzene rings is 1. The van der Waals surface area contributed by atoms with Crippen LogP contribution in [0.1, 0.15) is 25.3 Å². The van der Waals surface area contributed by atoms with Gasteiger partial charge >= 0.3 is 5.70 Å². The van der Waals surface area contributed by atoms with Crippen LogP contribution in [0, 0.1) is 16.0 Å². The zero-order valence-electron chi connectivity index (χ0n) is 15.9. The zero-order valence-corrected chi connectivity index (χ0v) is 16.6. The number of hydrogen-bond acceptors (Lipinski definition) is 7. The molecular weight excluding hydrogens is 382 g/mol. The van der Waals surface area contributed by atoms with E-state index in [4.69, 9.17) is 27.8 Å². The van der Waals surface area contributed by atoms with Gasteiger partial charge in [-0.15, -0.1) is 0 Å². The maximum atomic E-state index is 11.0. The van der Waals surface area contributed by atoms with Crippen molar-refractivity contribution in [2.24, 2.45) is 17.4 Å². The van der Waals surface area contributed by atoms with E-state index in [0.29, 0.717) is 17.4 Å². The van der Waals surface area contributed by atoms with Crippen molar-refractivity contribution in [3.8, 4) is 5.75 Å². The van der Waals surface area contributed by atoms with E-state index in [0.717, 1.165) is 38.0 Å². The Morgan fingerprint density at radius 1 is 1.43 bits per heavy atom. The number of nitro groups is 1. The number of nitrogens with two attached hydrogens (primary N) is 2. The fourth-order valence-corrected chi connectivity index (χ4v) is 3.95. The second-order valence-corrected chi connectivity index (χ2v) is 7.60. The van der Waals surface area contributed by atoms with Gasteiger partial charge in [0, 0.05) is 18.5 Å². The van der Waals surface area contributed by atoms with Crippen LogP contribution in [-0.2, 0) is 6.54 Å². The highest BCUT2D eigenvalue weighted by Gasteiger charge is 2.39. The van der Waals surface area contributed by atoms with Crippen LogP contribution in [0.2, 0.25) is 5.02 Å². The molecule has 2 aliphatic heterocycles. The van der Waals surface area contributed by atoms with Gasteiger partial charge in [-0.25, -0.2) is 0 Å². The smallest absolute Gasteiger partial charge is 0.308 e. The first-order valence-electron chi connectivity index (χ1n) is 9.36. The minimum Gasteiger partial charge on any atom is -0.492 e. The van der Waals surface area contributed by atoms with E-state index in [9.17, 15) is 10.1 Å². The third-order valence-electron chi connectivity index (χ3n) is 5.31. The van der Waals surface area contributed by atoms with E-state index in [-0.39, 0.29) is 17.4 Å². The zero-order chi connectivity index (χ0) is 20.3. The average molecular weight is 408 g/mol. The van der Waals surface area contributed by atoms with Crippen molar-refractivity contribution in [1.29, 1.82) is 0 Å². The summed E-state index contributed by atoms with van der Waals surface area (Å²) in [6.45, 7) is 5.05. The van der Waals surface area contributed by atoms with Crippen LogP contribution >= 0.6 is 11.6 Å². The van der Waals surface area contributed by atoms with Crippen LogP contribution in [0.15, 0.2) is 41.9 Å². The summed E-state index contributed by atoms with van der Waals surface area (Å²) in [6, 6.07) is 5.86. The lowest BCUT2D eigenvalue weighted by Gasteiger charge is -2.42. The summed E-state index contributed by atoms with van der Waals surface area (Å²) in [6.07, 6.45) is 4.79. The van der Waals surface area contributed by atoms with Crippen LogP contribution in [0.5, 0.6) is 5.75 Å². The van der Waals surface area contributed by atoms with Gasteiger partial charge in [-0.1, -0.05) is 17.7 Å².